The first-order chi connectivity index (χ1) is 8.13. The summed E-state index contributed by atoms with van der Waals surface area (Å²) in [6.07, 6.45) is 1.01. The van der Waals surface area contributed by atoms with E-state index in [0.717, 1.165) is 34.2 Å². The van der Waals surface area contributed by atoms with Gasteiger partial charge in [0.2, 0.25) is 0 Å². The molecule has 1 aromatic heterocycles. The van der Waals surface area contributed by atoms with Crippen LogP contribution >= 0.6 is 15.9 Å². The Morgan fingerprint density at radius 2 is 2.18 bits per heavy atom. The molecule has 0 atom stereocenters. The van der Waals surface area contributed by atoms with Crippen molar-refractivity contribution in [3.63, 3.8) is 0 Å². The van der Waals surface area contributed by atoms with Gasteiger partial charge < -0.3 is 5.32 Å². The molecule has 1 aromatic carbocycles. The Morgan fingerprint density at radius 1 is 1.41 bits per heavy atom. The van der Waals surface area contributed by atoms with Crippen molar-refractivity contribution in [1.82, 2.24) is 4.98 Å². The largest absolute Gasteiger partial charge is 0.370 e. The predicted octanol–water partition coefficient (Wildman–Crippen LogP) is 4.27. The molecule has 0 bridgehead atoms. The number of nitrogens with zero attached hydrogens (tertiary/aromatic N) is 1. The average Bonchev–Trinajstić information content (AvgIpc) is 2.32. The lowest BCUT2D eigenvalue weighted by atomic mass is 10.1. The van der Waals surface area contributed by atoms with Crippen LogP contribution in [0.3, 0.4) is 0 Å². The van der Waals surface area contributed by atoms with Crippen LogP contribution in [0, 0.1) is 12.7 Å². The number of hydrogen-bond donors (Lipinski definition) is 1. The van der Waals surface area contributed by atoms with Crippen LogP contribution in [0.2, 0.25) is 0 Å². The van der Waals surface area contributed by atoms with Gasteiger partial charge >= 0.3 is 0 Å². The molecule has 0 fully saturated rings. The van der Waals surface area contributed by atoms with Gasteiger partial charge in [-0.25, -0.2) is 9.37 Å². The van der Waals surface area contributed by atoms with Gasteiger partial charge in [-0.1, -0.05) is 22.9 Å². The van der Waals surface area contributed by atoms with Crippen LogP contribution in [0.25, 0.3) is 10.9 Å². The van der Waals surface area contributed by atoms with E-state index >= 15 is 0 Å². The van der Waals surface area contributed by atoms with Crippen molar-refractivity contribution in [2.45, 2.75) is 20.3 Å². The summed E-state index contributed by atoms with van der Waals surface area (Å²) in [6.45, 7) is 4.90. The highest BCUT2D eigenvalue weighted by Crippen LogP contribution is 2.28. The zero-order valence-corrected chi connectivity index (χ0v) is 11.4. The number of pyridine rings is 1. The highest BCUT2D eigenvalue weighted by molar-refractivity contribution is 9.10. The Balaban J connectivity index is 2.59. The SMILES string of the molecule is CCCNc1nc2c(F)ccc(Br)c2cc1C. The number of anilines is 1. The third kappa shape index (κ3) is 2.41. The van der Waals surface area contributed by atoms with Crippen molar-refractivity contribution in [3.8, 4) is 0 Å². The number of hydrogen-bond acceptors (Lipinski definition) is 2. The molecular weight excluding hydrogens is 283 g/mol. The molecule has 17 heavy (non-hydrogen) atoms. The lowest BCUT2D eigenvalue weighted by molar-refractivity contribution is 0.636. The molecule has 4 heteroatoms. The minimum absolute atomic E-state index is 0.289. The number of nitrogens with one attached hydrogen (secondary N) is 1. The number of aromatic nitrogens is 1. The molecule has 0 spiro atoms. The van der Waals surface area contributed by atoms with Gasteiger partial charge in [-0.3, -0.25) is 0 Å². The molecular formula is C13H14BrFN2. The van der Waals surface area contributed by atoms with Gasteiger partial charge in [-0.2, -0.15) is 0 Å². The van der Waals surface area contributed by atoms with Crippen molar-refractivity contribution < 1.29 is 4.39 Å². The molecule has 1 heterocycles. The molecule has 0 aliphatic heterocycles. The van der Waals surface area contributed by atoms with Gasteiger partial charge in [0.05, 0.1) is 0 Å². The topological polar surface area (TPSA) is 24.9 Å². The van der Waals surface area contributed by atoms with Gasteiger partial charge in [-0.15, -0.1) is 0 Å². The fourth-order valence-electron chi connectivity index (χ4n) is 1.71. The van der Waals surface area contributed by atoms with Crippen molar-refractivity contribution >= 4 is 32.7 Å². The predicted molar refractivity (Wildman–Crippen MR) is 72.9 cm³/mol. The van der Waals surface area contributed by atoms with Crippen molar-refractivity contribution in [3.05, 3.63) is 34.1 Å². The van der Waals surface area contributed by atoms with Crippen molar-refractivity contribution in [2.24, 2.45) is 0 Å². The fourth-order valence-corrected chi connectivity index (χ4v) is 2.15. The number of halogens is 2. The zero-order chi connectivity index (χ0) is 12.4. The van der Waals surface area contributed by atoms with Gasteiger partial charge in [0.15, 0.2) is 0 Å². The second kappa shape index (κ2) is 5.00. The first kappa shape index (κ1) is 12.3. The summed E-state index contributed by atoms with van der Waals surface area (Å²) in [5, 5.41) is 4.02. The molecule has 1 N–H and O–H groups in total. The molecule has 0 aliphatic rings. The maximum Gasteiger partial charge on any atom is 0.149 e. The molecule has 0 saturated heterocycles. The summed E-state index contributed by atoms with van der Waals surface area (Å²) in [5.41, 5.74) is 1.43. The Morgan fingerprint density at radius 3 is 2.88 bits per heavy atom. The summed E-state index contributed by atoms with van der Waals surface area (Å²) in [5.74, 6) is 0.471. The molecule has 0 aliphatic carbocycles. The summed E-state index contributed by atoms with van der Waals surface area (Å²) in [4.78, 5) is 4.36. The molecule has 0 radical (unpaired) electrons. The third-order valence-electron chi connectivity index (χ3n) is 2.62. The second-order valence-corrected chi connectivity index (χ2v) is 4.86. The average molecular weight is 297 g/mol. The third-order valence-corrected chi connectivity index (χ3v) is 3.31. The molecule has 2 nitrogen and oxygen atoms in total. The number of aryl methyl sites for hydroxylation is 1. The van der Waals surface area contributed by atoms with Gasteiger partial charge in [0.1, 0.15) is 17.2 Å². The highest BCUT2D eigenvalue weighted by atomic mass is 79.9. The Bertz CT molecular complexity index is 555. The molecule has 2 rings (SSSR count). The quantitative estimate of drug-likeness (QED) is 0.915. The van der Waals surface area contributed by atoms with Crippen LogP contribution in [-0.4, -0.2) is 11.5 Å². The van der Waals surface area contributed by atoms with E-state index in [1.165, 1.54) is 6.07 Å². The minimum Gasteiger partial charge on any atom is -0.370 e. The summed E-state index contributed by atoms with van der Waals surface area (Å²) < 4.78 is 14.6. The van der Waals surface area contributed by atoms with E-state index in [1.807, 2.05) is 13.0 Å². The van der Waals surface area contributed by atoms with E-state index < -0.39 is 0 Å². The molecule has 0 saturated carbocycles. The number of rotatable bonds is 3. The summed E-state index contributed by atoms with van der Waals surface area (Å²) in [6, 6.07) is 5.09. The van der Waals surface area contributed by atoms with Gasteiger partial charge in [-0.05, 0) is 37.1 Å². The van der Waals surface area contributed by atoms with Crippen LogP contribution in [0.5, 0.6) is 0 Å². The normalized spacial score (nSPS) is 10.8. The Kier molecular flexibility index (Phi) is 3.62. The molecule has 90 valence electrons. The maximum atomic E-state index is 13.7. The smallest absolute Gasteiger partial charge is 0.149 e. The van der Waals surface area contributed by atoms with E-state index in [4.69, 9.17) is 0 Å². The Labute approximate surface area is 108 Å². The van der Waals surface area contributed by atoms with E-state index in [0.29, 0.717) is 5.52 Å². The molecule has 2 aromatic rings. The summed E-state index contributed by atoms with van der Waals surface area (Å²) in [7, 11) is 0. The lowest BCUT2D eigenvalue weighted by Gasteiger charge is -2.10. The monoisotopic (exact) mass is 296 g/mol. The molecule has 0 unspecified atom stereocenters. The second-order valence-electron chi connectivity index (χ2n) is 4.01. The minimum atomic E-state index is -0.289. The van der Waals surface area contributed by atoms with Gasteiger partial charge in [0.25, 0.3) is 0 Å². The van der Waals surface area contributed by atoms with Crippen molar-refractivity contribution in [1.29, 1.82) is 0 Å². The van der Waals surface area contributed by atoms with Crippen LogP contribution in [0.15, 0.2) is 22.7 Å². The summed E-state index contributed by atoms with van der Waals surface area (Å²) >= 11 is 3.42. The van der Waals surface area contributed by atoms with E-state index in [-0.39, 0.29) is 5.82 Å². The number of benzene rings is 1. The number of fused-ring (bicyclic) bond motifs is 1. The van der Waals surface area contributed by atoms with Crippen LogP contribution in [0.1, 0.15) is 18.9 Å². The van der Waals surface area contributed by atoms with Crippen molar-refractivity contribution in [2.75, 3.05) is 11.9 Å². The highest BCUT2D eigenvalue weighted by Gasteiger charge is 2.09. The first-order valence-corrected chi connectivity index (χ1v) is 6.42. The van der Waals surface area contributed by atoms with E-state index in [9.17, 15) is 4.39 Å². The Hall–Kier alpha value is -1.16. The zero-order valence-electron chi connectivity index (χ0n) is 9.85. The lowest BCUT2D eigenvalue weighted by Crippen LogP contribution is -2.04. The van der Waals surface area contributed by atoms with Crippen LogP contribution in [-0.2, 0) is 0 Å². The van der Waals surface area contributed by atoms with Gasteiger partial charge in [0, 0.05) is 16.4 Å². The maximum absolute atomic E-state index is 13.7. The van der Waals surface area contributed by atoms with Crippen LogP contribution < -0.4 is 5.32 Å². The van der Waals surface area contributed by atoms with E-state index in [2.05, 4.69) is 33.2 Å². The molecule has 0 amide bonds. The standard InChI is InChI=1S/C13H14BrFN2/c1-3-6-16-13-8(2)7-9-10(14)4-5-11(15)12(9)17-13/h4-5,7H,3,6H2,1-2H3,(H,16,17). The van der Waals surface area contributed by atoms with E-state index in [1.54, 1.807) is 6.07 Å². The fraction of sp³-hybridized carbons (Fsp3) is 0.308. The first-order valence-electron chi connectivity index (χ1n) is 5.62. The van der Waals surface area contributed by atoms with Crippen LogP contribution in [0.4, 0.5) is 10.2 Å².